The van der Waals surface area contributed by atoms with Crippen LogP contribution >= 0.6 is 0 Å². The molecule has 2 rings (SSSR count). The Balaban J connectivity index is 1.96. The van der Waals surface area contributed by atoms with E-state index in [9.17, 15) is 0 Å². The third-order valence-electron chi connectivity index (χ3n) is 5.05. The molecule has 0 amide bonds. The minimum absolute atomic E-state index is 0.962. The van der Waals surface area contributed by atoms with Gasteiger partial charge in [-0.15, -0.1) is 0 Å². The average Bonchev–Trinajstić information content (AvgIpc) is 2.15. The fourth-order valence-electron chi connectivity index (χ4n) is 4.09. The molecule has 2 atom stereocenters. The predicted octanol–water partition coefficient (Wildman–Crippen LogP) is 3.98. The Morgan fingerprint density at radius 1 is 0.812 bits per heavy atom. The lowest BCUT2D eigenvalue weighted by molar-refractivity contribution is -0.941. The molecule has 1 saturated heterocycles. The Morgan fingerprint density at radius 3 is 2.06 bits per heavy atom. The van der Waals surface area contributed by atoms with Crippen LogP contribution < -0.4 is 0 Å². The maximum atomic E-state index is 2.54. The van der Waals surface area contributed by atoms with Gasteiger partial charge < -0.3 is 4.48 Å². The van der Waals surface area contributed by atoms with Crippen molar-refractivity contribution in [1.29, 1.82) is 0 Å². The molecule has 16 heavy (non-hydrogen) atoms. The topological polar surface area (TPSA) is 0 Å². The lowest BCUT2D eigenvalue weighted by Gasteiger charge is -2.47. The van der Waals surface area contributed by atoms with Crippen LogP contribution in [-0.4, -0.2) is 30.7 Å². The number of likely N-dealkylation sites (tertiary alicyclic amines) is 1. The first-order valence-electron chi connectivity index (χ1n) is 7.55. The van der Waals surface area contributed by atoms with Gasteiger partial charge >= 0.3 is 0 Å². The van der Waals surface area contributed by atoms with E-state index in [2.05, 4.69) is 14.0 Å². The average molecular weight is 224 g/mol. The number of piperidine rings is 1. The van der Waals surface area contributed by atoms with Crippen molar-refractivity contribution in [2.75, 3.05) is 20.1 Å². The van der Waals surface area contributed by atoms with Gasteiger partial charge in [0.15, 0.2) is 0 Å². The van der Waals surface area contributed by atoms with Crippen molar-refractivity contribution >= 4 is 0 Å². The van der Waals surface area contributed by atoms with E-state index in [1.165, 1.54) is 75.4 Å². The van der Waals surface area contributed by atoms with Gasteiger partial charge in [-0.05, 0) is 38.5 Å². The fourth-order valence-corrected chi connectivity index (χ4v) is 4.09. The fraction of sp³-hybridized carbons (Fsp3) is 1.00. The van der Waals surface area contributed by atoms with Crippen LogP contribution in [0.25, 0.3) is 0 Å². The summed E-state index contributed by atoms with van der Waals surface area (Å²) < 4.78 is 1.40. The third-order valence-corrected chi connectivity index (χ3v) is 5.05. The molecular formula is C15H30N+. The maximum absolute atomic E-state index is 2.54. The van der Waals surface area contributed by atoms with Crippen molar-refractivity contribution in [2.45, 2.75) is 70.8 Å². The zero-order valence-corrected chi connectivity index (χ0v) is 11.4. The standard InChI is InChI=1S/C15H30N/c1-14-9-8-12-16(2,13-14)15-10-6-4-3-5-7-11-15/h14-15H,3-13H2,1-2H3/q+1. The summed E-state index contributed by atoms with van der Waals surface area (Å²) in [5, 5.41) is 0. The molecule has 94 valence electrons. The Bertz CT molecular complexity index is 205. The highest BCUT2D eigenvalue weighted by molar-refractivity contribution is 4.69. The zero-order chi connectivity index (χ0) is 11.4. The summed E-state index contributed by atoms with van der Waals surface area (Å²) in [5.41, 5.74) is 0. The molecule has 1 heteroatoms. The van der Waals surface area contributed by atoms with Crippen molar-refractivity contribution < 1.29 is 4.48 Å². The van der Waals surface area contributed by atoms with Gasteiger partial charge in [-0.25, -0.2) is 0 Å². The molecule has 0 aromatic heterocycles. The van der Waals surface area contributed by atoms with Gasteiger partial charge in [-0.2, -0.15) is 0 Å². The first kappa shape index (κ1) is 12.4. The quantitative estimate of drug-likeness (QED) is 0.591. The Hall–Kier alpha value is -0.0400. The van der Waals surface area contributed by atoms with Crippen LogP contribution in [0.5, 0.6) is 0 Å². The third kappa shape index (κ3) is 3.00. The molecule has 0 bridgehead atoms. The number of rotatable bonds is 1. The second kappa shape index (κ2) is 5.53. The summed E-state index contributed by atoms with van der Waals surface area (Å²) in [6, 6.07) is 0.989. The highest BCUT2D eigenvalue weighted by atomic mass is 15.4. The highest BCUT2D eigenvalue weighted by Gasteiger charge is 2.36. The van der Waals surface area contributed by atoms with Gasteiger partial charge in [-0.1, -0.05) is 26.2 Å². The molecule has 0 N–H and O–H groups in total. The zero-order valence-electron chi connectivity index (χ0n) is 11.4. The molecule has 0 spiro atoms. The van der Waals surface area contributed by atoms with Gasteiger partial charge in [-0.3, -0.25) is 0 Å². The number of hydrogen-bond acceptors (Lipinski definition) is 0. The number of quaternary nitrogens is 1. The minimum atomic E-state index is 0.962. The summed E-state index contributed by atoms with van der Waals surface area (Å²) in [5.74, 6) is 0.962. The van der Waals surface area contributed by atoms with Crippen molar-refractivity contribution in [2.24, 2.45) is 5.92 Å². The van der Waals surface area contributed by atoms with E-state index in [0.29, 0.717) is 0 Å². The van der Waals surface area contributed by atoms with Crippen LogP contribution in [0, 0.1) is 5.92 Å². The molecule has 2 unspecified atom stereocenters. The van der Waals surface area contributed by atoms with E-state index < -0.39 is 0 Å². The molecule has 2 fully saturated rings. The van der Waals surface area contributed by atoms with E-state index >= 15 is 0 Å². The van der Waals surface area contributed by atoms with E-state index in [-0.39, 0.29) is 0 Å². The van der Waals surface area contributed by atoms with Gasteiger partial charge in [0.1, 0.15) is 0 Å². The van der Waals surface area contributed by atoms with Gasteiger partial charge in [0.05, 0.1) is 26.2 Å². The molecule has 1 heterocycles. The van der Waals surface area contributed by atoms with Crippen LogP contribution in [0.3, 0.4) is 0 Å². The smallest absolute Gasteiger partial charge is 0.0888 e. The second-order valence-electron chi connectivity index (χ2n) is 6.63. The maximum Gasteiger partial charge on any atom is 0.0888 e. The van der Waals surface area contributed by atoms with E-state index in [1.54, 1.807) is 0 Å². The van der Waals surface area contributed by atoms with Crippen molar-refractivity contribution in [1.82, 2.24) is 0 Å². The van der Waals surface area contributed by atoms with Crippen LogP contribution in [0.15, 0.2) is 0 Å². The van der Waals surface area contributed by atoms with Gasteiger partial charge in [0.25, 0.3) is 0 Å². The van der Waals surface area contributed by atoms with Crippen molar-refractivity contribution in [3.8, 4) is 0 Å². The van der Waals surface area contributed by atoms with Crippen LogP contribution in [0.2, 0.25) is 0 Å². The van der Waals surface area contributed by atoms with Crippen LogP contribution in [0.4, 0.5) is 0 Å². The summed E-state index contributed by atoms with van der Waals surface area (Å²) >= 11 is 0. The molecule has 1 nitrogen and oxygen atoms in total. The summed E-state index contributed by atoms with van der Waals surface area (Å²) in [7, 11) is 2.54. The first-order valence-corrected chi connectivity index (χ1v) is 7.55. The number of hydrogen-bond donors (Lipinski definition) is 0. The minimum Gasteiger partial charge on any atom is -0.323 e. The number of nitrogens with zero attached hydrogens (tertiary/aromatic N) is 1. The van der Waals surface area contributed by atoms with Crippen LogP contribution in [0.1, 0.15) is 64.7 Å². The molecule has 0 radical (unpaired) electrons. The summed E-state index contributed by atoms with van der Waals surface area (Å²) in [6.45, 7) is 5.36. The molecule has 1 aliphatic heterocycles. The molecule has 1 aliphatic carbocycles. The van der Waals surface area contributed by atoms with Crippen LogP contribution in [-0.2, 0) is 0 Å². The van der Waals surface area contributed by atoms with Gasteiger partial charge in [0, 0.05) is 5.92 Å². The Kier molecular flexibility index (Phi) is 4.29. The Morgan fingerprint density at radius 2 is 1.44 bits per heavy atom. The van der Waals surface area contributed by atoms with Gasteiger partial charge in [0.2, 0.25) is 0 Å². The van der Waals surface area contributed by atoms with E-state index in [0.717, 1.165) is 12.0 Å². The molecule has 1 saturated carbocycles. The molecular weight excluding hydrogens is 194 g/mol. The molecule has 0 aromatic carbocycles. The highest BCUT2D eigenvalue weighted by Crippen LogP contribution is 2.31. The Labute approximate surface area is 102 Å². The lowest BCUT2D eigenvalue weighted by atomic mass is 9.90. The molecule has 0 aromatic rings. The van der Waals surface area contributed by atoms with E-state index in [4.69, 9.17) is 0 Å². The second-order valence-corrected chi connectivity index (χ2v) is 6.63. The molecule has 2 aliphatic rings. The van der Waals surface area contributed by atoms with Crippen molar-refractivity contribution in [3.63, 3.8) is 0 Å². The summed E-state index contributed by atoms with van der Waals surface area (Å²) in [6.07, 6.45) is 13.4. The largest absolute Gasteiger partial charge is 0.323 e. The van der Waals surface area contributed by atoms with E-state index in [1.807, 2.05) is 0 Å². The predicted molar refractivity (Wildman–Crippen MR) is 70.4 cm³/mol. The summed E-state index contributed by atoms with van der Waals surface area (Å²) in [4.78, 5) is 0. The normalized spacial score (nSPS) is 39.0. The monoisotopic (exact) mass is 224 g/mol. The first-order chi connectivity index (χ1) is 7.71. The van der Waals surface area contributed by atoms with Crippen molar-refractivity contribution in [3.05, 3.63) is 0 Å². The SMILES string of the molecule is CC1CCC[N+](C)(C2CCCCCCC2)C1. The lowest BCUT2D eigenvalue weighted by Crippen LogP contribution is -2.57.